The van der Waals surface area contributed by atoms with Crippen molar-refractivity contribution >= 4 is 12.4 Å². The van der Waals surface area contributed by atoms with E-state index in [9.17, 15) is 4.39 Å². The number of nitrogens with two attached hydrogens (primary N) is 1. The highest BCUT2D eigenvalue weighted by Crippen LogP contribution is 2.23. The maximum Gasteiger partial charge on any atom is 0.109 e. The van der Waals surface area contributed by atoms with Crippen LogP contribution in [0.5, 0.6) is 0 Å². The van der Waals surface area contributed by atoms with Gasteiger partial charge in [-0.25, -0.2) is 4.39 Å². The minimum absolute atomic E-state index is 0. The van der Waals surface area contributed by atoms with Crippen LogP contribution in [0.15, 0.2) is 24.3 Å². The summed E-state index contributed by atoms with van der Waals surface area (Å²) in [5, 5.41) is 0. The van der Waals surface area contributed by atoms with E-state index in [0.717, 1.165) is 5.56 Å². The van der Waals surface area contributed by atoms with Gasteiger partial charge in [0.1, 0.15) is 6.67 Å². The lowest BCUT2D eigenvalue weighted by Gasteiger charge is -2.19. The SMILES string of the molecule is CC(C)(C)c1ccc([C@@H](N)CF)cc1.Cl. The minimum atomic E-state index is -0.505. The molecule has 86 valence electrons. The first-order valence-corrected chi connectivity index (χ1v) is 4.87. The van der Waals surface area contributed by atoms with Gasteiger partial charge in [-0.05, 0) is 16.5 Å². The number of hydrogen-bond donors (Lipinski definition) is 1. The largest absolute Gasteiger partial charge is 0.322 e. The molecule has 1 atom stereocenters. The Morgan fingerprint density at radius 2 is 1.67 bits per heavy atom. The van der Waals surface area contributed by atoms with Crippen LogP contribution in [0.25, 0.3) is 0 Å². The second-order valence-corrected chi connectivity index (χ2v) is 4.63. The third kappa shape index (κ3) is 3.80. The predicted molar refractivity (Wildman–Crippen MR) is 65.3 cm³/mol. The predicted octanol–water partition coefficient (Wildman–Crippen LogP) is 3.38. The highest BCUT2D eigenvalue weighted by atomic mass is 35.5. The van der Waals surface area contributed by atoms with Crippen LogP contribution in [-0.2, 0) is 5.41 Å². The van der Waals surface area contributed by atoms with Crippen LogP contribution >= 0.6 is 12.4 Å². The molecule has 0 amide bonds. The molecule has 1 aromatic carbocycles. The third-order valence-electron chi connectivity index (χ3n) is 2.37. The summed E-state index contributed by atoms with van der Waals surface area (Å²) in [7, 11) is 0. The van der Waals surface area contributed by atoms with E-state index in [0.29, 0.717) is 0 Å². The van der Waals surface area contributed by atoms with Crippen molar-refractivity contribution in [2.45, 2.75) is 32.2 Å². The van der Waals surface area contributed by atoms with Crippen molar-refractivity contribution in [1.29, 1.82) is 0 Å². The number of alkyl halides is 1. The lowest BCUT2D eigenvalue weighted by atomic mass is 9.86. The number of benzene rings is 1. The van der Waals surface area contributed by atoms with Gasteiger partial charge in [-0.1, -0.05) is 45.0 Å². The standard InChI is InChI=1S/C12H18FN.ClH/c1-12(2,3)10-6-4-9(5-7-10)11(14)8-13;/h4-7,11H,8,14H2,1-3H3;1H/t11-;/m0./s1. The normalized spacial score (nSPS) is 13.1. The number of hydrogen-bond acceptors (Lipinski definition) is 1. The van der Waals surface area contributed by atoms with Crippen LogP contribution in [0.4, 0.5) is 4.39 Å². The summed E-state index contributed by atoms with van der Waals surface area (Å²) >= 11 is 0. The van der Waals surface area contributed by atoms with Crippen molar-refractivity contribution in [1.82, 2.24) is 0 Å². The second-order valence-electron chi connectivity index (χ2n) is 4.63. The zero-order chi connectivity index (χ0) is 10.8. The molecule has 3 heteroatoms. The van der Waals surface area contributed by atoms with Gasteiger partial charge in [-0.2, -0.15) is 0 Å². The van der Waals surface area contributed by atoms with Gasteiger partial charge in [-0.15, -0.1) is 12.4 Å². The summed E-state index contributed by atoms with van der Waals surface area (Å²) in [6.07, 6.45) is 0. The van der Waals surface area contributed by atoms with Crippen molar-refractivity contribution in [2.75, 3.05) is 6.67 Å². The lowest BCUT2D eigenvalue weighted by Crippen LogP contribution is -2.14. The van der Waals surface area contributed by atoms with Crippen molar-refractivity contribution in [2.24, 2.45) is 5.73 Å². The molecule has 0 aliphatic rings. The molecule has 0 heterocycles. The first-order chi connectivity index (χ1) is 6.45. The molecular formula is C12H19ClFN. The maximum absolute atomic E-state index is 12.3. The highest BCUT2D eigenvalue weighted by molar-refractivity contribution is 5.85. The van der Waals surface area contributed by atoms with E-state index in [1.165, 1.54) is 5.56 Å². The monoisotopic (exact) mass is 231 g/mol. The summed E-state index contributed by atoms with van der Waals surface area (Å²) in [4.78, 5) is 0. The first kappa shape index (κ1) is 14.4. The quantitative estimate of drug-likeness (QED) is 0.830. The molecule has 0 fully saturated rings. The van der Waals surface area contributed by atoms with Crippen LogP contribution in [0.3, 0.4) is 0 Å². The zero-order valence-corrected chi connectivity index (χ0v) is 10.3. The Morgan fingerprint density at radius 3 is 2.00 bits per heavy atom. The van der Waals surface area contributed by atoms with E-state index in [1.54, 1.807) is 0 Å². The Balaban J connectivity index is 0.00000196. The summed E-state index contributed by atoms with van der Waals surface area (Å²) in [6, 6.07) is 7.37. The fraction of sp³-hybridized carbons (Fsp3) is 0.500. The zero-order valence-electron chi connectivity index (χ0n) is 9.46. The molecule has 1 rings (SSSR count). The van der Waals surface area contributed by atoms with Crippen LogP contribution in [0.2, 0.25) is 0 Å². The molecule has 0 radical (unpaired) electrons. The van der Waals surface area contributed by atoms with Gasteiger partial charge in [-0.3, -0.25) is 0 Å². The van der Waals surface area contributed by atoms with Crippen molar-refractivity contribution < 1.29 is 4.39 Å². The van der Waals surface area contributed by atoms with Gasteiger partial charge >= 0.3 is 0 Å². The van der Waals surface area contributed by atoms with E-state index in [-0.39, 0.29) is 17.8 Å². The van der Waals surface area contributed by atoms with E-state index in [2.05, 4.69) is 20.8 Å². The van der Waals surface area contributed by atoms with Gasteiger partial charge in [0, 0.05) is 0 Å². The van der Waals surface area contributed by atoms with E-state index in [4.69, 9.17) is 5.73 Å². The topological polar surface area (TPSA) is 26.0 Å². The molecular weight excluding hydrogens is 213 g/mol. The summed E-state index contributed by atoms with van der Waals surface area (Å²) in [5.41, 5.74) is 7.82. The van der Waals surface area contributed by atoms with E-state index in [1.807, 2.05) is 24.3 Å². The Hall–Kier alpha value is -0.600. The molecule has 1 nitrogen and oxygen atoms in total. The number of halogens is 2. The Labute approximate surface area is 97.3 Å². The molecule has 0 unspecified atom stereocenters. The van der Waals surface area contributed by atoms with Gasteiger partial charge in [0.05, 0.1) is 6.04 Å². The molecule has 0 aromatic heterocycles. The summed E-state index contributed by atoms with van der Waals surface area (Å²) < 4.78 is 12.3. The van der Waals surface area contributed by atoms with Crippen LogP contribution in [0, 0.1) is 0 Å². The van der Waals surface area contributed by atoms with E-state index >= 15 is 0 Å². The summed E-state index contributed by atoms with van der Waals surface area (Å²) in [5.74, 6) is 0. The Bertz CT molecular complexity index is 289. The fourth-order valence-corrected chi connectivity index (χ4v) is 1.32. The van der Waals surface area contributed by atoms with Crippen molar-refractivity contribution in [3.63, 3.8) is 0 Å². The molecule has 0 aliphatic heterocycles. The molecule has 0 spiro atoms. The van der Waals surface area contributed by atoms with Gasteiger partial charge in [0.25, 0.3) is 0 Å². The van der Waals surface area contributed by atoms with Gasteiger partial charge < -0.3 is 5.73 Å². The fourth-order valence-electron chi connectivity index (χ4n) is 1.32. The lowest BCUT2D eigenvalue weighted by molar-refractivity contribution is 0.437. The van der Waals surface area contributed by atoms with Crippen LogP contribution in [0.1, 0.15) is 37.9 Å². The average molecular weight is 232 g/mol. The molecule has 0 aliphatic carbocycles. The number of rotatable bonds is 2. The van der Waals surface area contributed by atoms with Gasteiger partial charge in [0.15, 0.2) is 0 Å². The van der Waals surface area contributed by atoms with Crippen molar-refractivity contribution in [3.05, 3.63) is 35.4 Å². The van der Waals surface area contributed by atoms with Gasteiger partial charge in [0.2, 0.25) is 0 Å². The third-order valence-corrected chi connectivity index (χ3v) is 2.37. The Morgan fingerprint density at radius 1 is 1.20 bits per heavy atom. The smallest absolute Gasteiger partial charge is 0.109 e. The average Bonchev–Trinajstić information content (AvgIpc) is 2.15. The highest BCUT2D eigenvalue weighted by Gasteiger charge is 2.13. The summed E-state index contributed by atoms with van der Waals surface area (Å²) in [6.45, 7) is 5.94. The second kappa shape index (κ2) is 5.47. The maximum atomic E-state index is 12.3. The van der Waals surface area contributed by atoms with E-state index < -0.39 is 12.7 Å². The molecule has 0 saturated carbocycles. The minimum Gasteiger partial charge on any atom is -0.322 e. The first-order valence-electron chi connectivity index (χ1n) is 4.87. The molecule has 0 saturated heterocycles. The molecule has 15 heavy (non-hydrogen) atoms. The molecule has 2 N–H and O–H groups in total. The van der Waals surface area contributed by atoms with Crippen LogP contribution < -0.4 is 5.73 Å². The molecule has 1 aromatic rings. The van der Waals surface area contributed by atoms with Crippen molar-refractivity contribution in [3.8, 4) is 0 Å². The Kier molecular flexibility index (Phi) is 5.26. The molecule has 0 bridgehead atoms. The van der Waals surface area contributed by atoms with Crippen LogP contribution in [-0.4, -0.2) is 6.67 Å².